The average molecular weight is 469 g/mol. The standard InChI is InChI=1S/C25H32N4O5/c1-2-28(18-25(31)27-21-7-8-22-23(15-21)34-14-13-33-22)17-24(30)26-20-5-3-19(4-6-20)16-29-9-11-32-12-10-29/h3-8,15H,2,9-14,16-18H2,1H3,(H,26,30)(H,27,31). The number of nitrogens with zero attached hydrogens (tertiary/aromatic N) is 2. The second kappa shape index (κ2) is 11.8. The number of fused-ring (bicyclic) bond motifs is 1. The molecule has 1 saturated heterocycles. The van der Waals surface area contributed by atoms with Crippen molar-refractivity contribution in [2.45, 2.75) is 13.5 Å². The summed E-state index contributed by atoms with van der Waals surface area (Å²) in [7, 11) is 0. The fourth-order valence-electron chi connectivity index (χ4n) is 3.92. The first-order valence-electron chi connectivity index (χ1n) is 11.7. The molecule has 0 unspecified atom stereocenters. The largest absolute Gasteiger partial charge is 0.486 e. The number of carbonyl (C=O) groups is 2. The Hall–Kier alpha value is -3.14. The minimum absolute atomic E-state index is 0.108. The van der Waals surface area contributed by atoms with Crippen molar-refractivity contribution in [3.8, 4) is 11.5 Å². The molecular formula is C25H32N4O5. The van der Waals surface area contributed by atoms with Crippen molar-refractivity contribution < 1.29 is 23.8 Å². The van der Waals surface area contributed by atoms with Crippen LogP contribution in [0.25, 0.3) is 0 Å². The van der Waals surface area contributed by atoms with Gasteiger partial charge in [0.1, 0.15) is 13.2 Å². The summed E-state index contributed by atoms with van der Waals surface area (Å²) in [5.41, 5.74) is 2.57. The number of benzene rings is 2. The van der Waals surface area contributed by atoms with E-state index in [4.69, 9.17) is 14.2 Å². The molecule has 0 bridgehead atoms. The van der Waals surface area contributed by atoms with E-state index in [9.17, 15) is 9.59 Å². The highest BCUT2D eigenvalue weighted by atomic mass is 16.6. The number of carbonyl (C=O) groups excluding carboxylic acids is 2. The van der Waals surface area contributed by atoms with Gasteiger partial charge in [-0.25, -0.2) is 0 Å². The maximum absolute atomic E-state index is 12.5. The molecule has 34 heavy (non-hydrogen) atoms. The predicted molar refractivity (Wildman–Crippen MR) is 129 cm³/mol. The molecule has 2 aliphatic rings. The molecule has 0 saturated carbocycles. The number of rotatable bonds is 9. The Bertz CT molecular complexity index is 976. The predicted octanol–water partition coefficient (Wildman–Crippen LogP) is 2.19. The highest BCUT2D eigenvalue weighted by Gasteiger charge is 2.16. The summed E-state index contributed by atoms with van der Waals surface area (Å²) in [6.07, 6.45) is 0. The number of anilines is 2. The summed E-state index contributed by atoms with van der Waals surface area (Å²) in [6, 6.07) is 13.2. The van der Waals surface area contributed by atoms with Crippen LogP contribution in [0, 0.1) is 0 Å². The first-order valence-corrected chi connectivity index (χ1v) is 11.7. The fraction of sp³-hybridized carbons (Fsp3) is 0.440. The Morgan fingerprint density at radius 2 is 1.47 bits per heavy atom. The first kappa shape index (κ1) is 24.0. The second-order valence-corrected chi connectivity index (χ2v) is 8.34. The van der Waals surface area contributed by atoms with Crippen LogP contribution < -0.4 is 20.1 Å². The highest BCUT2D eigenvalue weighted by molar-refractivity contribution is 5.94. The number of hydrogen-bond acceptors (Lipinski definition) is 7. The molecule has 1 fully saturated rings. The molecule has 9 heteroatoms. The Labute approximate surface area is 200 Å². The van der Waals surface area contributed by atoms with Gasteiger partial charge in [-0.15, -0.1) is 0 Å². The van der Waals surface area contributed by atoms with Crippen molar-refractivity contribution in [2.75, 3.05) is 69.8 Å². The lowest BCUT2D eigenvalue weighted by atomic mass is 10.2. The number of ether oxygens (including phenoxy) is 3. The molecule has 2 heterocycles. The zero-order valence-electron chi connectivity index (χ0n) is 19.5. The van der Waals surface area contributed by atoms with Crippen molar-refractivity contribution in [1.29, 1.82) is 0 Å². The van der Waals surface area contributed by atoms with E-state index in [1.54, 1.807) is 23.1 Å². The van der Waals surface area contributed by atoms with E-state index in [1.807, 2.05) is 31.2 Å². The van der Waals surface area contributed by atoms with E-state index in [-0.39, 0.29) is 24.9 Å². The van der Waals surface area contributed by atoms with Gasteiger partial charge in [0, 0.05) is 37.1 Å². The Balaban J connectivity index is 1.23. The minimum atomic E-state index is -0.196. The zero-order chi connectivity index (χ0) is 23.8. The highest BCUT2D eigenvalue weighted by Crippen LogP contribution is 2.32. The molecule has 2 amide bonds. The van der Waals surface area contributed by atoms with Crippen LogP contribution in [0.3, 0.4) is 0 Å². The summed E-state index contributed by atoms with van der Waals surface area (Å²) >= 11 is 0. The Morgan fingerprint density at radius 1 is 0.853 bits per heavy atom. The van der Waals surface area contributed by atoms with Gasteiger partial charge >= 0.3 is 0 Å². The molecule has 2 N–H and O–H groups in total. The molecule has 0 aromatic heterocycles. The van der Waals surface area contributed by atoms with Crippen molar-refractivity contribution in [1.82, 2.24) is 9.80 Å². The molecule has 2 aromatic carbocycles. The molecule has 0 spiro atoms. The summed E-state index contributed by atoms with van der Waals surface area (Å²) in [4.78, 5) is 29.2. The third-order valence-corrected chi connectivity index (χ3v) is 5.76. The van der Waals surface area contributed by atoms with E-state index >= 15 is 0 Å². The quantitative estimate of drug-likeness (QED) is 0.583. The van der Waals surface area contributed by atoms with E-state index in [2.05, 4.69) is 15.5 Å². The molecule has 0 atom stereocenters. The van der Waals surface area contributed by atoms with E-state index < -0.39 is 0 Å². The average Bonchev–Trinajstić information content (AvgIpc) is 2.85. The molecular weight excluding hydrogens is 436 g/mol. The molecule has 4 rings (SSSR count). The maximum atomic E-state index is 12.5. The van der Waals surface area contributed by atoms with Crippen LogP contribution in [0.5, 0.6) is 11.5 Å². The van der Waals surface area contributed by atoms with Crippen LogP contribution in [0.4, 0.5) is 11.4 Å². The van der Waals surface area contributed by atoms with E-state index in [1.165, 1.54) is 5.56 Å². The summed E-state index contributed by atoms with van der Waals surface area (Å²) in [6.45, 7) is 8.03. The third-order valence-electron chi connectivity index (χ3n) is 5.76. The lowest BCUT2D eigenvalue weighted by molar-refractivity contribution is -0.119. The summed E-state index contributed by atoms with van der Waals surface area (Å²) < 4.78 is 16.4. The smallest absolute Gasteiger partial charge is 0.238 e. The van der Waals surface area contributed by atoms with Crippen LogP contribution in [0.15, 0.2) is 42.5 Å². The normalized spacial score (nSPS) is 15.7. The number of hydrogen-bond donors (Lipinski definition) is 2. The zero-order valence-corrected chi connectivity index (χ0v) is 19.5. The van der Waals surface area contributed by atoms with Gasteiger partial charge in [-0.2, -0.15) is 0 Å². The number of nitrogens with one attached hydrogen (secondary N) is 2. The van der Waals surface area contributed by atoms with Crippen LogP contribution in [0.2, 0.25) is 0 Å². The number of amides is 2. The van der Waals surface area contributed by atoms with Crippen LogP contribution >= 0.6 is 0 Å². The van der Waals surface area contributed by atoms with Crippen molar-refractivity contribution in [2.24, 2.45) is 0 Å². The van der Waals surface area contributed by atoms with Crippen molar-refractivity contribution in [3.63, 3.8) is 0 Å². The summed E-state index contributed by atoms with van der Waals surface area (Å²) in [5, 5.41) is 5.78. The SMILES string of the molecule is CCN(CC(=O)Nc1ccc(CN2CCOCC2)cc1)CC(=O)Nc1ccc2c(c1)OCCO2. The molecule has 2 aliphatic heterocycles. The second-order valence-electron chi connectivity index (χ2n) is 8.34. The minimum Gasteiger partial charge on any atom is -0.486 e. The monoisotopic (exact) mass is 468 g/mol. The molecule has 0 radical (unpaired) electrons. The topological polar surface area (TPSA) is 92.4 Å². The number of morpholine rings is 1. The van der Waals surface area contributed by atoms with Gasteiger partial charge in [-0.3, -0.25) is 19.4 Å². The molecule has 0 aliphatic carbocycles. The van der Waals surface area contributed by atoms with Gasteiger partial charge in [0.05, 0.1) is 26.3 Å². The number of likely N-dealkylation sites (N-methyl/N-ethyl adjacent to an activating group) is 1. The van der Waals surface area contributed by atoms with E-state index in [0.29, 0.717) is 36.9 Å². The lowest BCUT2D eigenvalue weighted by Gasteiger charge is -2.26. The third kappa shape index (κ3) is 6.93. The van der Waals surface area contributed by atoms with E-state index in [0.717, 1.165) is 38.5 Å². The molecule has 182 valence electrons. The van der Waals surface area contributed by atoms with Crippen molar-refractivity contribution >= 4 is 23.2 Å². The van der Waals surface area contributed by atoms with Crippen LogP contribution in [-0.2, 0) is 20.9 Å². The van der Waals surface area contributed by atoms with Gasteiger partial charge in [-0.1, -0.05) is 19.1 Å². The fourth-order valence-corrected chi connectivity index (χ4v) is 3.92. The van der Waals surface area contributed by atoms with Crippen LogP contribution in [0.1, 0.15) is 12.5 Å². The Kier molecular flexibility index (Phi) is 8.35. The summed E-state index contributed by atoms with van der Waals surface area (Å²) in [5.74, 6) is 0.936. The van der Waals surface area contributed by atoms with Crippen molar-refractivity contribution in [3.05, 3.63) is 48.0 Å². The maximum Gasteiger partial charge on any atom is 0.238 e. The van der Waals surface area contributed by atoms with Gasteiger partial charge in [0.15, 0.2) is 11.5 Å². The molecule has 9 nitrogen and oxygen atoms in total. The van der Waals surface area contributed by atoms with Gasteiger partial charge in [-0.05, 0) is 36.4 Å². The lowest BCUT2D eigenvalue weighted by Crippen LogP contribution is -2.38. The molecule has 2 aromatic rings. The van der Waals surface area contributed by atoms with Gasteiger partial charge in [0.25, 0.3) is 0 Å². The first-order chi connectivity index (χ1) is 16.6. The van der Waals surface area contributed by atoms with Gasteiger partial charge < -0.3 is 24.8 Å². The van der Waals surface area contributed by atoms with Gasteiger partial charge in [0.2, 0.25) is 11.8 Å². The van der Waals surface area contributed by atoms with Crippen LogP contribution in [-0.4, -0.2) is 80.8 Å². The Morgan fingerprint density at radius 3 is 2.15 bits per heavy atom.